The van der Waals surface area contributed by atoms with Crippen molar-refractivity contribution in [1.29, 1.82) is 0 Å². The minimum absolute atomic E-state index is 0.0238. The van der Waals surface area contributed by atoms with Gasteiger partial charge in [0.1, 0.15) is 5.75 Å². The minimum atomic E-state index is 0.0238. The van der Waals surface area contributed by atoms with Gasteiger partial charge in [0, 0.05) is 6.04 Å². The van der Waals surface area contributed by atoms with Gasteiger partial charge in [0.05, 0.1) is 19.7 Å². The predicted octanol–water partition coefficient (Wildman–Crippen LogP) is 3.71. The van der Waals surface area contributed by atoms with Crippen molar-refractivity contribution < 1.29 is 9.53 Å². The van der Waals surface area contributed by atoms with Gasteiger partial charge >= 0.3 is 0 Å². The second-order valence-corrected chi connectivity index (χ2v) is 6.60. The highest BCUT2D eigenvalue weighted by Crippen LogP contribution is 2.32. The normalized spacial score (nSPS) is 18.7. The summed E-state index contributed by atoms with van der Waals surface area (Å²) < 4.78 is 5.23. The van der Waals surface area contributed by atoms with Crippen molar-refractivity contribution in [3.8, 4) is 5.75 Å². The van der Waals surface area contributed by atoms with E-state index in [1.54, 1.807) is 7.11 Å². The van der Waals surface area contributed by atoms with Gasteiger partial charge in [-0.3, -0.25) is 9.69 Å². The van der Waals surface area contributed by atoms with Crippen LogP contribution >= 0.6 is 0 Å². The molecule has 1 aliphatic heterocycles. The molecule has 0 bridgehead atoms. The molecule has 1 amide bonds. The second-order valence-electron chi connectivity index (χ2n) is 6.60. The number of nitrogens with zero attached hydrogens (tertiary/aromatic N) is 1. The van der Waals surface area contributed by atoms with Crippen molar-refractivity contribution in [3.05, 3.63) is 65.7 Å². The molecule has 132 valence electrons. The molecule has 0 saturated carbocycles. The molecule has 2 aromatic rings. The quantitative estimate of drug-likeness (QED) is 0.873. The summed E-state index contributed by atoms with van der Waals surface area (Å²) in [5.74, 6) is 0.944. The molecule has 1 saturated heterocycles. The first-order valence-corrected chi connectivity index (χ1v) is 8.89. The number of carbonyl (C=O) groups is 1. The Morgan fingerprint density at radius 2 is 1.92 bits per heavy atom. The summed E-state index contributed by atoms with van der Waals surface area (Å²) in [5, 5.41) is 3.11. The topological polar surface area (TPSA) is 41.6 Å². The number of nitrogens with one attached hydrogen (secondary N) is 1. The van der Waals surface area contributed by atoms with Gasteiger partial charge in [0.25, 0.3) is 0 Å². The Morgan fingerprint density at radius 3 is 2.60 bits per heavy atom. The van der Waals surface area contributed by atoms with Crippen LogP contribution in [0.2, 0.25) is 0 Å². The first-order chi connectivity index (χ1) is 12.2. The molecule has 4 heteroatoms. The zero-order valence-electron chi connectivity index (χ0n) is 14.9. The third-order valence-corrected chi connectivity index (χ3v) is 4.89. The maximum absolute atomic E-state index is 12.5. The van der Waals surface area contributed by atoms with Crippen LogP contribution in [0.3, 0.4) is 0 Å². The van der Waals surface area contributed by atoms with Gasteiger partial charge in [0.15, 0.2) is 0 Å². The van der Waals surface area contributed by atoms with Gasteiger partial charge in [-0.15, -0.1) is 0 Å². The van der Waals surface area contributed by atoms with Crippen molar-refractivity contribution in [2.45, 2.75) is 31.8 Å². The minimum Gasteiger partial charge on any atom is -0.497 e. The van der Waals surface area contributed by atoms with Crippen molar-refractivity contribution >= 4 is 5.91 Å². The highest BCUT2D eigenvalue weighted by molar-refractivity contribution is 5.78. The summed E-state index contributed by atoms with van der Waals surface area (Å²) in [5.41, 5.74) is 2.38. The molecule has 4 nitrogen and oxygen atoms in total. The number of benzene rings is 2. The van der Waals surface area contributed by atoms with E-state index in [0.29, 0.717) is 12.6 Å². The lowest BCUT2D eigenvalue weighted by molar-refractivity contribution is -0.123. The number of amides is 1. The molecule has 0 spiro atoms. The highest BCUT2D eigenvalue weighted by Gasteiger charge is 2.27. The van der Waals surface area contributed by atoms with Crippen LogP contribution in [0.15, 0.2) is 54.6 Å². The highest BCUT2D eigenvalue weighted by atomic mass is 16.5. The lowest BCUT2D eigenvalue weighted by atomic mass is 10.0. The maximum atomic E-state index is 12.5. The van der Waals surface area contributed by atoms with Gasteiger partial charge in [-0.2, -0.15) is 0 Å². The van der Waals surface area contributed by atoms with E-state index in [9.17, 15) is 4.79 Å². The van der Waals surface area contributed by atoms with E-state index in [2.05, 4.69) is 22.3 Å². The van der Waals surface area contributed by atoms with E-state index in [1.165, 1.54) is 5.56 Å². The van der Waals surface area contributed by atoms with E-state index in [1.807, 2.05) is 49.4 Å². The van der Waals surface area contributed by atoms with Crippen molar-refractivity contribution in [2.24, 2.45) is 0 Å². The SMILES string of the molecule is COc1ccc([C@@H]2CCCN2CC(=O)N[C@@H](C)c2ccccc2)cc1. The summed E-state index contributed by atoms with van der Waals surface area (Å²) in [4.78, 5) is 14.8. The fourth-order valence-electron chi connectivity index (χ4n) is 3.52. The number of carbonyl (C=O) groups excluding carboxylic acids is 1. The molecule has 2 atom stereocenters. The summed E-state index contributed by atoms with van der Waals surface area (Å²) in [6, 6.07) is 18.6. The number of rotatable bonds is 6. The maximum Gasteiger partial charge on any atom is 0.234 e. The van der Waals surface area contributed by atoms with Gasteiger partial charge < -0.3 is 10.1 Å². The molecule has 0 unspecified atom stereocenters. The van der Waals surface area contributed by atoms with Crippen LogP contribution in [0.1, 0.15) is 43.0 Å². The van der Waals surface area contributed by atoms with E-state index in [4.69, 9.17) is 4.74 Å². The zero-order chi connectivity index (χ0) is 17.6. The van der Waals surface area contributed by atoms with Crippen LogP contribution in [0.25, 0.3) is 0 Å². The number of hydrogen-bond donors (Lipinski definition) is 1. The molecule has 0 aliphatic carbocycles. The van der Waals surface area contributed by atoms with Crippen molar-refractivity contribution in [3.63, 3.8) is 0 Å². The van der Waals surface area contributed by atoms with E-state index < -0.39 is 0 Å². The van der Waals surface area contributed by atoms with E-state index in [0.717, 1.165) is 30.7 Å². The first-order valence-electron chi connectivity index (χ1n) is 8.89. The molecule has 1 aliphatic rings. The second kappa shape index (κ2) is 8.17. The largest absolute Gasteiger partial charge is 0.497 e. The standard InChI is InChI=1S/C21H26N2O2/c1-16(17-7-4-3-5-8-17)22-21(24)15-23-14-6-9-20(23)18-10-12-19(25-2)13-11-18/h3-5,7-8,10-13,16,20H,6,9,14-15H2,1-2H3,(H,22,24)/t16-,20-/m0/s1. The molecule has 0 aromatic heterocycles. The van der Waals surface area contributed by atoms with Gasteiger partial charge in [-0.05, 0) is 49.6 Å². The smallest absolute Gasteiger partial charge is 0.234 e. The number of hydrogen-bond acceptors (Lipinski definition) is 3. The average Bonchev–Trinajstić information content (AvgIpc) is 3.10. The molecule has 1 fully saturated rings. The lowest BCUT2D eigenvalue weighted by Crippen LogP contribution is -2.38. The van der Waals surface area contributed by atoms with Crippen LogP contribution in [-0.2, 0) is 4.79 Å². The Morgan fingerprint density at radius 1 is 1.20 bits per heavy atom. The van der Waals surface area contributed by atoms with Gasteiger partial charge in [0.2, 0.25) is 5.91 Å². The van der Waals surface area contributed by atoms with Crippen LogP contribution in [0.4, 0.5) is 0 Å². The van der Waals surface area contributed by atoms with Gasteiger partial charge in [-0.25, -0.2) is 0 Å². The molecule has 1 N–H and O–H groups in total. The third kappa shape index (κ3) is 4.40. The molecular formula is C21H26N2O2. The Balaban J connectivity index is 1.59. The molecule has 3 rings (SSSR count). The predicted molar refractivity (Wildman–Crippen MR) is 99.5 cm³/mol. The number of ether oxygens (including phenoxy) is 1. The molecule has 25 heavy (non-hydrogen) atoms. The fraction of sp³-hybridized carbons (Fsp3) is 0.381. The third-order valence-electron chi connectivity index (χ3n) is 4.89. The number of methoxy groups -OCH3 is 1. The van der Waals surface area contributed by atoms with E-state index in [-0.39, 0.29) is 11.9 Å². The van der Waals surface area contributed by atoms with Crippen molar-refractivity contribution in [2.75, 3.05) is 20.2 Å². The summed E-state index contributed by atoms with van der Waals surface area (Å²) in [6.07, 6.45) is 2.21. The van der Waals surface area contributed by atoms with Crippen LogP contribution in [0, 0.1) is 0 Å². The molecule has 1 heterocycles. The Bertz CT molecular complexity index is 685. The van der Waals surface area contributed by atoms with Gasteiger partial charge in [-0.1, -0.05) is 42.5 Å². The lowest BCUT2D eigenvalue weighted by Gasteiger charge is -2.25. The molecule has 2 aromatic carbocycles. The Hall–Kier alpha value is -2.33. The van der Waals surface area contributed by atoms with Crippen LogP contribution < -0.4 is 10.1 Å². The molecular weight excluding hydrogens is 312 g/mol. The van der Waals surface area contributed by atoms with E-state index >= 15 is 0 Å². The summed E-state index contributed by atoms with van der Waals surface area (Å²) in [6.45, 7) is 3.43. The Kier molecular flexibility index (Phi) is 5.71. The zero-order valence-corrected chi connectivity index (χ0v) is 14.9. The molecule has 0 radical (unpaired) electrons. The summed E-state index contributed by atoms with van der Waals surface area (Å²) in [7, 11) is 1.68. The average molecular weight is 338 g/mol. The first kappa shape index (κ1) is 17.5. The fourth-order valence-corrected chi connectivity index (χ4v) is 3.52. The summed E-state index contributed by atoms with van der Waals surface area (Å²) >= 11 is 0. The Labute approximate surface area is 149 Å². The van der Waals surface area contributed by atoms with Crippen molar-refractivity contribution in [1.82, 2.24) is 10.2 Å². The van der Waals surface area contributed by atoms with Crippen LogP contribution in [-0.4, -0.2) is 31.0 Å². The van der Waals surface area contributed by atoms with Crippen LogP contribution in [0.5, 0.6) is 5.75 Å². The monoisotopic (exact) mass is 338 g/mol. The number of likely N-dealkylation sites (tertiary alicyclic amines) is 1.